The molecule has 1 atom stereocenters. The van der Waals surface area contributed by atoms with Crippen LogP contribution in [0.15, 0.2) is 54.6 Å². The van der Waals surface area contributed by atoms with Gasteiger partial charge in [-0.3, -0.25) is 4.79 Å². The number of ether oxygens (including phenoxy) is 1. The first-order chi connectivity index (χ1) is 12.5. The summed E-state index contributed by atoms with van der Waals surface area (Å²) in [6, 6.07) is 12.0. The Kier molecular flexibility index (Phi) is 6.93. The second-order valence-electron chi connectivity index (χ2n) is 5.71. The van der Waals surface area contributed by atoms with Crippen LogP contribution in [0.2, 0.25) is 0 Å². The Morgan fingerprint density at radius 1 is 1.12 bits per heavy atom. The first kappa shape index (κ1) is 19.2. The molecule has 0 saturated carbocycles. The molecule has 2 rings (SSSR count). The molecule has 136 valence electrons. The van der Waals surface area contributed by atoms with Gasteiger partial charge in [0.05, 0.1) is 6.61 Å². The van der Waals surface area contributed by atoms with E-state index in [1.165, 1.54) is 12.1 Å². The third kappa shape index (κ3) is 5.75. The summed E-state index contributed by atoms with van der Waals surface area (Å²) in [6.45, 7) is 0.500. The number of amides is 1. The number of aliphatic carboxylic acids is 1. The first-order valence-corrected chi connectivity index (χ1v) is 8.06. The molecule has 0 fully saturated rings. The van der Waals surface area contributed by atoms with Gasteiger partial charge in [0.2, 0.25) is 0 Å². The lowest BCUT2D eigenvalue weighted by atomic mass is 10.0. The SMILES string of the molecule is COC/C=C/c1ccc(C(=O)N[C@@H](Cc2ccc(O)cc2)C(=O)O)cc1. The van der Waals surface area contributed by atoms with Gasteiger partial charge in [0.1, 0.15) is 11.8 Å². The fourth-order valence-electron chi connectivity index (χ4n) is 2.34. The summed E-state index contributed by atoms with van der Waals surface area (Å²) in [4.78, 5) is 23.8. The quantitative estimate of drug-likeness (QED) is 0.676. The second kappa shape index (κ2) is 9.39. The Hall–Kier alpha value is -3.12. The highest BCUT2D eigenvalue weighted by molar-refractivity contribution is 5.96. The van der Waals surface area contributed by atoms with Crippen molar-refractivity contribution in [3.8, 4) is 5.75 Å². The minimum Gasteiger partial charge on any atom is -0.508 e. The van der Waals surface area contributed by atoms with Gasteiger partial charge in [-0.2, -0.15) is 0 Å². The number of hydrogen-bond donors (Lipinski definition) is 3. The zero-order chi connectivity index (χ0) is 18.9. The highest BCUT2D eigenvalue weighted by Gasteiger charge is 2.21. The number of phenolic OH excluding ortho intramolecular Hbond substituents is 1. The molecule has 2 aromatic carbocycles. The van der Waals surface area contributed by atoms with E-state index in [1.807, 2.05) is 12.2 Å². The lowest BCUT2D eigenvalue weighted by Gasteiger charge is -2.15. The Morgan fingerprint density at radius 3 is 2.35 bits per heavy atom. The predicted molar refractivity (Wildman–Crippen MR) is 98.1 cm³/mol. The van der Waals surface area contributed by atoms with Gasteiger partial charge < -0.3 is 20.3 Å². The van der Waals surface area contributed by atoms with E-state index in [2.05, 4.69) is 5.32 Å². The van der Waals surface area contributed by atoms with Gasteiger partial charge in [0.15, 0.2) is 0 Å². The van der Waals surface area contributed by atoms with E-state index in [1.54, 1.807) is 43.5 Å². The molecule has 0 aliphatic heterocycles. The topological polar surface area (TPSA) is 95.9 Å². The molecular weight excluding hydrogens is 334 g/mol. The number of nitrogens with one attached hydrogen (secondary N) is 1. The Labute approximate surface area is 151 Å². The fourth-order valence-corrected chi connectivity index (χ4v) is 2.34. The van der Waals surface area contributed by atoms with Gasteiger partial charge in [-0.1, -0.05) is 36.4 Å². The molecule has 6 nitrogen and oxygen atoms in total. The minimum absolute atomic E-state index is 0.101. The van der Waals surface area contributed by atoms with Crippen LogP contribution in [0.25, 0.3) is 6.08 Å². The summed E-state index contributed by atoms with van der Waals surface area (Å²) in [5, 5.41) is 21.2. The van der Waals surface area contributed by atoms with E-state index in [0.717, 1.165) is 5.56 Å². The lowest BCUT2D eigenvalue weighted by Crippen LogP contribution is -2.42. The number of carboxylic acid groups (broad SMARTS) is 1. The van der Waals surface area contributed by atoms with Gasteiger partial charge in [-0.15, -0.1) is 0 Å². The lowest BCUT2D eigenvalue weighted by molar-refractivity contribution is -0.139. The number of phenols is 1. The molecule has 0 radical (unpaired) electrons. The largest absolute Gasteiger partial charge is 0.508 e. The van der Waals surface area contributed by atoms with Crippen molar-refractivity contribution in [2.45, 2.75) is 12.5 Å². The molecular formula is C20H21NO5. The number of rotatable bonds is 8. The van der Waals surface area contributed by atoms with Crippen LogP contribution >= 0.6 is 0 Å². The zero-order valence-electron chi connectivity index (χ0n) is 14.4. The smallest absolute Gasteiger partial charge is 0.326 e. The Bertz CT molecular complexity index is 766. The third-order valence-electron chi connectivity index (χ3n) is 3.73. The van der Waals surface area contributed by atoms with E-state index >= 15 is 0 Å². The summed E-state index contributed by atoms with van der Waals surface area (Å²) in [7, 11) is 1.61. The normalized spacial score (nSPS) is 12.0. The summed E-state index contributed by atoms with van der Waals surface area (Å²) >= 11 is 0. The zero-order valence-corrected chi connectivity index (χ0v) is 14.4. The van der Waals surface area contributed by atoms with Crippen molar-refractivity contribution < 1.29 is 24.5 Å². The minimum atomic E-state index is -1.12. The fraction of sp³-hybridized carbons (Fsp3) is 0.200. The average Bonchev–Trinajstić information content (AvgIpc) is 2.63. The monoisotopic (exact) mass is 355 g/mol. The van der Waals surface area contributed by atoms with Gasteiger partial charge in [0.25, 0.3) is 5.91 Å². The summed E-state index contributed by atoms with van der Waals surface area (Å²) in [5.41, 5.74) is 2.00. The van der Waals surface area contributed by atoms with Crippen molar-refractivity contribution in [3.05, 3.63) is 71.3 Å². The number of carbonyl (C=O) groups is 2. The van der Waals surface area contributed by atoms with Crippen molar-refractivity contribution in [3.63, 3.8) is 0 Å². The molecule has 6 heteroatoms. The summed E-state index contributed by atoms with van der Waals surface area (Å²) in [6.07, 6.45) is 3.85. The number of carbonyl (C=O) groups excluding carboxylic acids is 1. The Morgan fingerprint density at radius 2 is 1.77 bits per heavy atom. The van der Waals surface area contributed by atoms with Crippen LogP contribution < -0.4 is 5.32 Å². The molecule has 0 aliphatic rings. The second-order valence-corrected chi connectivity index (χ2v) is 5.71. The van der Waals surface area contributed by atoms with E-state index in [0.29, 0.717) is 17.7 Å². The van der Waals surface area contributed by atoms with Gasteiger partial charge in [0, 0.05) is 19.1 Å². The summed E-state index contributed by atoms with van der Waals surface area (Å²) in [5.74, 6) is -1.47. The van der Waals surface area contributed by atoms with Crippen LogP contribution in [0.3, 0.4) is 0 Å². The predicted octanol–water partition coefficient (Wildman–Crippen LogP) is 2.48. The molecule has 0 unspecified atom stereocenters. The molecule has 0 aliphatic carbocycles. The average molecular weight is 355 g/mol. The molecule has 1 amide bonds. The van der Waals surface area contributed by atoms with Crippen LogP contribution in [-0.4, -0.2) is 41.8 Å². The molecule has 2 aromatic rings. The molecule has 0 heterocycles. The Balaban J connectivity index is 2.02. The van der Waals surface area contributed by atoms with Crippen LogP contribution in [0.4, 0.5) is 0 Å². The molecule has 0 aromatic heterocycles. The number of methoxy groups -OCH3 is 1. The number of hydrogen-bond acceptors (Lipinski definition) is 4. The maximum Gasteiger partial charge on any atom is 0.326 e. The number of carboxylic acids is 1. The molecule has 0 spiro atoms. The maximum atomic E-state index is 12.3. The van der Waals surface area contributed by atoms with Crippen molar-refractivity contribution in [2.75, 3.05) is 13.7 Å². The van der Waals surface area contributed by atoms with Gasteiger partial charge in [-0.05, 0) is 35.4 Å². The standard InChI is InChI=1S/C20H21NO5/c1-26-12-2-3-14-4-8-16(9-5-14)19(23)21-18(20(24)25)13-15-6-10-17(22)11-7-15/h2-11,18,22H,12-13H2,1H3,(H,21,23)(H,24,25)/b3-2+/t18-/m0/s1. The van der Waals surface area contributed by atoms with Crippen molar-refractivity contribution >= 4 is 18.0 Å². The van der Waals surface area contributed by atoms with E-state index in [9.17, 15) is 19.8 Å². The van der Waals surface area contributed by atoms with Crippen molar-refractivity contribution in [2.24, 2.45) is 0 Å². The van der Waals surface area contributed by atoms with Crippen LogP contribution in [0, 0.1) is 0 Å². The molecule has 3 N–H and O–H groups in total. The van der Waals surface area contributed by atoms with Crippen molar-refractivity contribution in [1.82, 2.24) is 5.32 Å². The molecule has 0 bridgehead atoms. The van der Waals surface area contributed by atoms with Crippen LogP contribution in [-0.2, 0) is 16.0 Å². The highest BCUT2D eigenvalue weighted by Crippen LogP contribution is 2.12. The van der Waals surface area contributed by atoms with E-state index < -0.39 is 17.9 Å². The highest BCUT2D eigenvalue weighted by atomic mass is 16.5. The number of aromatic hydroxyl groups is 1. The van der Waals surface area contributed by atoms with Crippen LogP contribution in [0.1, 0.15) is 21.5 Å². The molecule has 26 heavy (non-hydrogen) atoms. The molecule has 0 saturated heterocycles. The van der Waals surface area contributed by atoms with E-state index in [4.69, 9.17) is 4.74 Å². The third-order valence-corrected chi connectivity index (χ3v) is 3.73. The maximum absolute atomic E-state index is 12.3. The van der Waals surface area contributed by atoms with E-state index in [-0.39, 0.29) is 12.2 Å². The van der Waals surface area contributed by atoms with Crippen molar-refractivity contribution in [1.29, 1.82) is 0 Å². The summed E-state index contributed by atoms with van der Waals surface area (Å²) < 4.78 is 4.93. The van der Waals surface area contributed by atoms with Gasteiger partial charge in [-0.25, -0.2) is 4.79 Å². The first-order valence-electron chi connectivity index (χ1n) is 8.06. The van der Waals surface area contributed by atoms with Gasteiger partial charge >= 0.3 is 5.97 Å². The van der Waals surface area contributed by atoms with Crippen LogP contribution in [0.5, 0.6) is 5.75 Å². The number of benzene rings is 2.